The molecule has 18 heavy (non-hydrogen) atoms. The quantitative estimate of drug-likeness (QED) is 0.682. The number of halogens is 1. The summed E-state index contributed by atoms with van der Waals surface area (Å²) in [7, 11) is 2.97. The van der Waals surface area contributed by atoms with E-state index >= 15 is 0 Å². The Morgan fingerprint density at radius 3 is 2.56 bits per heavy atom. The molecule has 0 aromatic heterocycles. The van der Waals surface area contributed by atoms with Gasteiger partial charge in [0.1, 0.15) is 11.6 Å². The van der Waals surface area contributed by atoms with Gasteiger partial charge in [-0.05, 0) is 39.7 Å². The minimum absolute atomic E-state index is 0.353. The number of carboxylic acids is 1. The number of benzene rings is 1. The summed E-state index contributed by atoms with van der Waals surface area (Å²) in [6.07, 6.45) is 1.26. The van der Waals surface area contributed by atoms with E-state index in [1.807, 2.05) is 0 Å². The van der Waals surface area contributed by atoms with Gasteiger partial charge in [0.15, 0.2) is 11.5 Å². The molecule has 1 aromatic rings. The van der Waals surface area contributed by atoms with Gasteiger partial charge in [0, 0.05) is 0 Å². The van der Waals surface area contributed by atoms with E-state index in [2.05, 4.69) is 15.9 Å². The second-order valence-electron chi connectivity index (χ2n) is 3.21. The van der Waals surface area contributed by atoms with Crippen LogP contribution in [0.15, 0.2) is 22.2 Å². The first-order chi connectivity index (χ1) is 8.53. The Hall–Kier alpha value is -2.00. The van der Waals surface area contributed by atoms with Crippen LogP contribution in [0.1, 0.15) is 5.56 Å². The van der Waals surface area contributed by atoms with Crippen molar-refractivity contribution in [2.24, 2.45) is 0 Å². The van der Waals surface area contributed by atoms with Crippen molar-refractivity contribution in [2.45, 2.75) is 0 Å². The van der Waals surface area contributed by atoms with Crippen LogP contribution in [0.2, 0.25) is 0 Å². The molecule has 6 heteroatoms. The molecule has 94 valence electrons. The van der Waals surface area contributed by atoms with E-state index in [0.29, 0.717) is 21.5 Å². The number of aliphatic carboxylic acids is 1. The Bertz CT molecular complexity index is 546. The third-order valence-corrected chi connectivity index (χ3v) is 2.71. The van der Waals surface area contributed by atoms with Crippen molar-refractivity contribution < 1.29 is 19.4 Å². The van der Waals surface area contributed by atoms with E-state index in [4.69, 9.17) is 19.8 Å². The van der Waals surface area contributed by atoms with Crippen LogP contribution < -0.4 is 9.47 Å². The van der Waals surface area contributed by atoms with Gasteiger partial charge in [0.05, 0.1) is 18.7 Å². The van der Waals surface area contributed by atoms with E-state index in [1.165, 1.54) is 20.3 Å². The number of methoxy groups -OCH3 is 2. The van der Waals surface area contributed by atoms with Crippen molar-refractivity contribution in [2.75, 3.05) is 14.2 Å². The van der Waals surface area contributed by atoms with Crippen molar-refractivity contribution in [3.05, 3.63) is 27.7 Å². The Kier molecular flexibility index (Phi) is 4.75. The van der Waals surface area contributed by atoms with Crippen LogP contribution in [0.4, 0.5) is 0 Å². The maximum absolute atomic E-state index is 10.7. The second-order valence-corrected chi connectivity index (χ2v) is 4.07. The molecule has 0 atom stereocenters. The zero-order valence-corrected chi connectivity index (χ0v) is 11.3. The lowest BCUT2D eigenvalue weighted by atomic mass is 10.1. The zero-order valence-electron chi connectivity index (χ0n) is 9.73. The van der Waals surface area contributed by atoms with Gasteiger partial charge in [0.2, 0.25) is 0 Å². The van der Waals surface area contributed by atoms with Crippen LogP contribution in [0.5, 0.6) is 11.5 Å². The van der Waals surface area contributed by atoms with Crippen molar-refractivity contribution in [1.82, 2.24) is 0 Å². The number of carbonyl (C=O) groups is 1. The summed E-state index contributed by atoms with van der Waals surface area (Å²) < 4.78 is 10.9. The molecule has 0 aliphatic heterocycles. The molecule has 0 heterocycles. The van der Waals surface area contributed by atoms with Crippen molar-refractivity contribution in [3.8, 4) is 17.6 Å². The van der Waals surface area contributed by atoms with Gasteiger partial charge in [-0.1, -0.05) is 0 Å². The average Bonchev–Trinajstić information content (AvgIpc) is 2.34. The summed E-state index contributed by atoms with van der Waals surface area (Å²) in [6, 6.07) is 4.84. The van der Waals surface area contributed by atoms with E-state index in [9.17, 15) is 4.79 Å². The predicted octanol–water partition coefficient (Wildman–Crippen LogP) is 2.46. The van der Waals surface area contributed by atoms with Gasteiger partial charge < -0.3 is 14.6 Å². The van der Waals surface area contributed by atoms with Gasteiger partial charge in [-0.2, -0.15) is 5.26 Å². The minimum Gasteiger partial charge on any atom is -0.493 e. The molecule has 0 aliphatic rings. The third-order valence-electron chi connectivity index (χ3n) is 2.12. The lowest BCUT2D eigenvalue weighted by molar-refractivity contribution is -0.132. The molecule has 0 radical (unpaired) electrons. The summed E-state index contributed by atoms with van der Waals surface area (Å²) in [5.41, 5.74) is 0.174. The minimum atomic E-state index is -1.27. The number of ether oxygens (including phenoxy) is 2. The fraction of sp³-hybridized carbons (Fsp3) is 0.167. The summed E-state index contributed by atoms with van der Waals surface area (Å²) in [5.74, 6) is -0.326. The SMILES string of the molecule is COc1cc(/C=C(\C#N)C(=O)O)cc(Br)c1OC. The first kappa shape index (κ1) is 14.1. The molecule has 0 bridgehead atoms. The number of nitriles is 1. The lowest BCUT2D eigenvalue weighted by Gasteiger charge is -2.10. The molecule has 0 amide bonds. The molecule has 0 fully saturated rings. The summed E-state index contributed by atoms with van der Waals surface area (Å²) in [4.78, 5) is 10.7. The van der Waals surface area contributed by atoms with Gasteiger partial charge in [0.25, 0.3) is 0 Å². The molecule has 0 saturated carbocycles. The fourth-order valence-corrected chi connectivity index (χ4v) is 1.95. The van der Waals surface area contributed by atoms with Gasteiger partial charge in [-0.25, -0.2) is 4.79 Å². The Morgan fingerprint density at radius 2 is 2.11 bits per heavy atom. The number of hydrogen-bond acceptors (Lipinski definition) is 4. The molecule has 0 spiro atoms. The normalized spacial score (nSPS) is 10.7. The molecule has 0 saturated heterocycles. The maximum Gasteiger partial charge on any atom is 0.346 e. The maximum atomic E-state index is 10.7. The van der Waals surface area contributed by atoms with Crippen LogP contribution in [0.25, 0.3) is 6.08 Å². The highest BCUT2D eigenvalue weighted by Crippen LogP contribution is 2.36. The van der Waals surface area contributed by atoms with Crippen molar-refractivity contribution in [1.29, 1.82) is 5.26 Å². The number of hydrogen-bond donors (Lipinski definition) is 1. The molecular weight excluding hydrogens is 302 g/mol. The third kappa shape index (κ3) is 3.02. The van der Waals surface area contributed by atoms with Crippen molar-refractivity contribution in [3.63, 3.8) is 0 Å². The number of rotatable bonds is 4. The first-order valence-electron chi connectivity index (χ1n) is 4.80. The van der Waals surface area contributed by atoms with E-state index in [0.717, 1.165) is 0 Å². The standard InChI is InChI=1S/C12H10BrNO4/c1-17-10-5-7(3-8(6-14)12(15)16)4-9(13)11(10)18-2/h3-5H,1-2H3,(H,15,16)/b8-3+. The second kappa shape index (κ2) is 6.07. The lowest BCUT2D eigenvalue weighted by Crippen LogP contribution is -1.98. The predicted molar refractivity (Wildman–Crippen MR) is 68.5 cm³/mol. The number of nitrogens with zero attached hydrogens (tertiary/aromatic N) is 1. The molecule has 0 unspecified atom stereocenters. The number of carboxylic acid groups (broad SMARTS) is 1. The van der Waals surface area contributed by atoms with Crippen LogP contribution >= 0.6 is 15.9 Å². The Balaban J connectivity index is 3.33. The first-order valence-corrected chi connectivity index (χ1v) is 5.59. The smallest absolute Gasteiger partial charge is 0.346 e. The largest absolute Gasteiger partial charge is 0.493 e. The highest BCUT2D eigenvalue weighted by molar-refractivity contribution is 9.10. The highest BCUT2D eigenvalue weighted by atomic mass is 79.9. The molecule has 0 aliphatic carbocycles. The van der Waals surface area contributed by atoms with Gasteiger partial charge in [-0.15, -0.1) is 0 Å². The van der Waals surface area contributed by atoms with Gasteiger partial charge >= 0.3 is 5.97 Å². The molecule has 1 N–H and O–H groups in total. The van der Waals surface area contributed by atoms with Crippen LogP contribution in [-0.2, 0) is 4.79 Å². The molecule has 1 rings (SSSR count). The monoisotopic (exact) mass is 311 g/mol. The highest BCUT2D eigenvalue weighted by Gasteiger charge is 2.11. The Morgan fingerprint density at radius 1 is 1.44 bits per heavy atom. The molecular formula is C12H10BrNO4. The van der Waals surface area contributed by atoms with E-state index < -0.39 is 5.97 Å². The van der Waals surface area contributed by atoms with E-state index in [1.54, 1.807) is 18.2 Å². The van der Waals surface area contributed by atoms with Gasteiger partial charge in [-0.3, -0.25) is 0 Å². The fourth-order valence-electron chi connectivity index (χ4n) is 1.33. The van der Waals surface area contributed by atoms with Crippen LogP contribution in [-0.4, -0.2) is 25.3 Å². The Labute approximate surface area is 112 Å². The summed E-state index contributed by atoms with van der Waals surface area (Å²) >= 11 is 3.28. The van der Waals surface area contributed by atoms with Crippen LogP contribution in [0, 0.1) is 11.3 Å². The molecule has 5 nitrogen and oxygen atoms in total. The topological polar surface area (TPSA) is 79.5 Å². The van der Waals surface area contributed by atoms with Crippen LogP contribution in [0.3, 0.4) is 0 Å². The average molecular weight is 312 g/mol. The summed E-state index contributed by atoms with van der Waals surface area (Å²) in [6.45, 7) is 0. The zero-order chi connectivity index (χ0) is 13.7. The van der Waals surface area contributed by atoms with E-state index in [-0.39, 0.29) is 5.57 Å². The van der Waals surface area contributed by atoms with Crippen molar-refractivity contribution >= 4 is 28.0 Å². The molecule has 1 aromatic carbocycles. The summed E-state index contributed by atoms with van der Waals surface area (Å²) in [5, 5.41) is 17.5.